The summed E-state index contributed by atoms with van der Waals surface area (Å²) < 4.78 is 0. The van der Waals surface area contributed by atoms with E-state index in [1.54, 1.807) is 0 Å². The number of nitrogens with one attached hydrogen (secondary N) is 2. The molecule has 9 heteroatoms. The van der Waals surface area contributed by atoms with Gasteiger partial charge >= 0.3 is 0 Å². The average molecular weight is 502 g/mol. The zero-order chi connectivity index (χ0) is 24.6. The minimum Gasteiger partial charge on any atom is -0.369 e. The normalized spacial score (nSPS) is 25.4. The third kappa shape index (κ3) is 5.14. The molecule has 2 N–H and O–H groups in total. The lowest BCUT2D eigenvalue weighted by Crippen LogP contribution is -2.54. The van der Waals surface area contributed by atoms with Gasteiger partial charge in [-0.05, 0) is 56.7 Å². The number of hydrogen-bond donors (Lipinski definition) is 2. The molecule has 35 heavy (non-hydrogen) atoms. The second-order valence-corrected chi connectivity index (χ2v) is 11.2. The number of halogens is 1. The van der Waals surface area contributed by atoms with E-state index in [9.17, 15) is 14.4 Å². The number of benzene rings is 1. The summed E-state index contributed by atoms with van der Waals surface area (Å²) in [6.45, 7) is 7.58. The van der Waals surface area contributed by atoms with Gasteiger partial charge in [0.1, 0.15) is 5.54 Å². The van der Waals surface area contributed by atoms with Crippen molar-refractivity contribution in [3.8, 4) is 0 Å². The van der Waals surface area contributed by atoms with E-state index < -0.39 is 5.54 Å². The van der Waals surface area contributed by atoms with Crippen LogP contribution in [0.15, 0.2) is 24.3 Å². The molecule has 1 saturated carbocycles. The molecule has 0 aromatic heterocycles. The predicted molar refractivity (Wildman–Crippen MR) is 135 cm³/mol. The number of piperidine rings is 1. The number of nitrogens with zero attached hydrogens (tertiary/aromatic N) is 3. The van der Waals surface area contributed by atoms with Gasteiger partial charge in [-0.15, -0.1) is 0 Å². The molecule has 0 unspecified atom stereocenters. The third-order valence-corrected chi connectivity index (χ3v) is 8.61. The highest BCUT2D eigenvalue weighted by Crippen LogP contribution is 2.43. The van der Waals surface area contributed by atoms with Crippen LogP contribution in [0.25, 0.3) is 0 Å². The first-order valence-corrected chi connectivity index (χ1v) is 13.3. The van der Waals surface area contributed by atoms with Crippen molar-refractivity contribution in [2.24, 2.45) is 5.41 Å². The van der Waals surface area contributed by atoms with E-state index in [0.717, 1.165) is 50.6 Å². The van der Waals surface area contributed by atoms with Crippen LogP contribution >= 0.6 is 11.6 Å². The van der Waals surface area contributed by atoms with Crippen LogP contribution in [0.3, 0.4) is 0 Å². The SMILES string of the molecule is CC(=O)NC1(C(=O)N2CCC3(CC2)C[C@H](CCN2CCN(c4cccc(Cl)c4)CC2)NC3=O)CC1. The second kappa shape index (κ2) is 9.62. The Hall–Kier alpha value is -2.32. The van der Waals surface area contributed by atoms with Gasteiger partial charge in [0.15, 0.2) is 0 Å². The van der Waals surface area contributed by atoms with Crippen molar-refractivity contribution >= 4 is 35.0 Å². The maximum Gasteiger partial charge on any atom is 0.248 e. The molecule has 1 spiro atoms. The van der Waals surface area contributed by atoms with Crippen molar-refractivity contribution in [1.29, 1.82) is 0 Å². The third-order valence-electron chi connectivity index (χ3n) is 8.38. The van der Waals surface area contributed by atoms with Crippen LogP contribution < -0.4 is 15.5 Å². The smallest absolute Gasteiger partial charge is 0.248 e. The summed E-state index contributed by atoms with van der Waals surface area (Å²) in [4.78, 5) is 44.1. The number of carbonyl (C=O) groups is 3. The highest BCUT2D eigenvalue weighted by atomic mass is 35.5. The molecule has 3 aliphatic heterocycles. The predicted octanol–water partition coefficient (Wildman–Crippen LogP) is 2.02. The zero-order valence-corrected chi connectivity index (χ0v) is 21.3. The number of amides is 3. The summed E-state index contributed by atoms with van der Waals surface area (Å²) in [6, 6.07) is 8.23. The fraction of sp³-hybridized carbons (Fsp3) is 0.654. The number of hydrogen-bond acceptors (Lipinski definition) is 5. The Morgan fingerprint density at radius 3 is 2.43 bits per heavy atom. The topological polar surface area (TPSA) is 85.0 Å². The maximum absolute atomic E-state index is 13.0. The molecule has 5 rings (SSSR count). The summed E-state index contributed by atoms with van der Waals surface area (Å²) in [5.74, 6) is 0.0195. The number of likely N-dealkylation sites (tertiary alicyclic amines) is 1. The van der Waals surface area contributed by atoms with E-state index in [2.05, 4.69) is 26.5 Å². The van der Waals surface area contributed by atoms with E-state index in [4.69, 9.17) is 11.6 Å². The van der Waals surface area contributed by atoms with E-state index in [1.165, 1.54) is 12.6 Å². The molecule has 1 aliphatic carbocycles. The van der Waals surface area contributed by atoms with E-state index in [0.29, 0.717) is 38.8 Å². The molecule has 3 heterocycles. The van der Waals surface area contributed by atoms with E-state index >= 15 is 0 Å². The van der Waals surface area contributed by atoms with Gasteiger partial charge in [-0.2, -0.15) is 0 Å². The Balaban J connectivity index is 1.07. The molecule has 3 saturated heterocycles. The van der Waals surface area contributed by atoms with Gasteiger partial charge in [-0.25, -0.2) is 0 Å². The summed E-state index contributed by atoms with van der Waals surface area (Å²) >= 11 is 6.15. The minimum atomic E-state index is -0.687. The van der Waals surface area contributed by atoms with Crippen LogP contribution in [-0.2, 0) is 14.4 Å². The van der Waals surface area contributed by atoms with Gasteiger partial charge < -0.3 is 20.4 Å². The molecule has 1 atom stereocenters. The second-order valence-electron chi connectivity index (χ2n) is 10.8. The van der Waals surface area contributed by atoms with Crippen molar-refractivity contribution < 1.29 is 14.4 Å². The van der Waals surface area contributed by atoms with Crippen LogP contribution in [0.4, 0.5) is 5.69 Å². The Morgan fingerprint density at radius 1 is 1.09 bits per heavy atom. The lowest BCUT2D eigenvalue weighted by atomic mass is 9.75. The largest absolute Gasteiger partial charge is 0.369 e. The van der Waals surface area contributed by atoms with Crippen LogP contribution in [-0.4, -0.2) is 84.9 Å². The van der Waals surface area contributed by atoms with Gasteiger partial charge in [0.25, 0.3) is 0 Å². The fourth-order valence-corrected chi connectivity index (χ4v) is 6.28. The summed E-state index contributed by atoms with van der Waals surface area (Å²) in [7, 11) is 0. The molecular formula is C26H36ClN5O3. The Bertz CT molecular complexity index is 981. The number of rotatable bonds is 6. The van der Waals surface area contributed by atoms with E-state index in [1.807, 2.05) is 23.1 Å². The maximum atomic E-state index is 13.0. The summed E-state index contributed by atoms with van der Waals surface area (Å²) in [6.07, 6.45) is 4.64. The van der Waals surface area contributed by atoms with Crippen LogP contribution in [0.5, 0.6) is 0 Å². The molecule has 4 fully saturated rings. The molecular weight excluding hydrogens is 466 g/mol. The monoisotopic (exact) mass is 501 g/mol. The molecule has 1 aromatic carbocycles. The molecule has 0 bridgehead atoms. The summed E-state index contributed by atoms with van der Waals surface area (Å²) in [5, 5.41) is 6.87. The molecule has 3 amide bonds. The Labute approximate surface area is 212 Å². The lowest BCUT2D eigenvalue weighted by molar-refractivity contribution is -0.142. The van der Waals surface area contributed by atoms with Crippen molar-refractivity contribution in [2.75, 3.05) is 50.7 Å². The first kappa shape index (κ1) is 24.4. The Kier molecular flexibility index (Phi) is 6.70. The van der Waals surface area contributed by atoms with Crippen LogP contribution in [0.1, 0.15) is 45.4 Å². The molecule has 8 nitrogen and oxygen atoms in total. The van der Waals surface area contributed by atoms with Gasteiger partial charge in [0.05, 0.1) is 5.41 Å². The van der Waals surface area contributed by atoms with Crippen molar-refractivity contribution in [2.45, 2.75) is 57.0 Å². The van der Waals surface area contributed by atoms with Gasteiger partial charge in [0.2, 0.25) is 17.7 Å². The van der Waals surface area contributed by atoms with Crippen LogP contribution in [0, 0.1) is 5.41 Å². The molecule has 4 aliphatic rings. The van der Waals surface area contributed by atoms with Gasteiger partial charge in [0, 0.05) is 69.5 Å². The first-order valence-electron chi connectivity index (χ1n) is 12.9. The first-order chi connectivity index (χ1) is 16.8. The quantitative estimate of drug-likeness (QED) is 0.623. The lowest BCUT2D eigenvalue weighted by Gasteiger charge is -2.39. The van der Waals surface area contributed by atoms with Crippen molar-refractivity contribution in [3.63, 3.8) is 0 Å². The number of carbonyl (C=O) groups excluding carboxylic acids is 3. The molecule has 190 valence electrons. The average Bonchev–Trinajstić information content (AvgIpc) is 3.56. The minimum absolute atomic E-state index is 0.0226. The zero-order valence-electron chi connectivity index (χ0n) is 20.5. The molecule has 0 radical (unpaired) electrons. The van der Waals surface area contributed by atoms with Crippen molar-refractivity contribution in [3.05, 3.63) is 29.3 Å². The standard InChI is InChI=1S/C26H36ClN5O3/c1-19(33)29-26(6-7-26)24(35)32-11-8-25(9-12-32)18-21(28-23(25)34)5-10-30-13-15-31(16-14-30)22-4-2-3-20(27)17-22/h2-4,17,21H,5-16,18H2,1H3,(H,28,34)(H,29,33)/t21-/m0/s1. The highest BCUT2D eigenvalue weighted by Gasteiger charge is 2.55. The van der Waals surface area contributed by atoms with E-state index in [-0.39, 0.29) is 29.2 Å². The fourth-order valence-electron chi connectivity index (χ4n) is 6.10. The highest BCUT2D eigenvalue weighted by molar-refractivity contribution is 6.30. The van der Waals surface area contributed by atoms with Gasteiger partial charge in [-0.3, -0.25) is 19.3 Å². The van der Waals surface area contributed by atoms with Crippen LogP contribution in [0.2, 0.25) is 5.02 Å². The summed E-state index contributed by atoms with van der Waals surface area (Å²) in [5.41, 5.74) is 0.141. The van der Waals surface area contributed by atoms with Crippen molar-refractivity contribution in [1.82, 2.24) is 20.4 Å². The molecule has 1 aromatic rings. The number of anilines is 1. The Morgan fingerprint density at radius 2 is 1.80 bits per heavy atom. The van der Waals surface area contributed by atoms with Gasteiger partial charge in [-0.1, -0.05) is 17.7 Å². The number of piperazine rings is 1.